The van der Waals surface area contributed by atoms with E-state index in [2.05, 4.69) is 6.58 Å². The molecule has 0 aromatic carbocycles. The second kappa shape index (κ2) is 13.0. The van der Waals surface area contributed by atoms with Crippen molar-refractivity contribution in [1.29, 1.82) is 0 Å². The lowest BCUT2D eigenvalue weighted by Gasteiger charge is -2.06. The molecule has 17 heavy (non-hydrogen) atoms. The van der Waals surface area contributed by atoms with Crippen molar-refractivity contribution in [1.82, 2.24) is 0 Å². The van der Waals surface area contributed by atoms with Crippen LogP contribution in [0.25, 0.3) is 0 Å². The minimum absolute atomic E-state index is 0.0203. The van der Waals surface area contributed by atoms with Gasteiger partial charge in [-0.3, -0.25) is 4.79 Å². The Morgan fingerprint density at radius 2 is 1.41 bits per heavy atom. The number of hydrogen-bond donors (Lipinski definition) is 1. The fraction of sp³-hybridized carbons (Fsp3) is 0.727. The van der Waals surface area contributed by atoms with Gasteiger partial charge < -0.3 is 24.1 Å². The number of ether oxygens (including phenoxy) is 4. The smallest absolute Gasteiger partial charge is 0.305 e. The molecule has 0 bridgehead atoms. The first-order valence-corrected chi connectivity index (χ1v) is 5.45. The Balaban J connectivity index is 2.94. The van der Waals surface area contributed by atoms with E-state index in [1.54, 1.807) is 0 Å². The number of carboxylic acid groups (broad SMARTS) is 1. The van der Waals surface area contributed by atoms with Gasteiger partial charge in [0.05, 0.1) is 52.3 Å². The molecule has 0 amide bonds. The summed E-state index contributed by atoms with van der Waals surface area (Å²) in [5, 5.41) is 8.33. The fourth-order valence-corrected chi connectivity index (χ4v) is 0.892. The summed E-state index contributed by atoms with van der Waals surface area (Å²) in [4.78, 5) is 10.1. The van der Waals surface area contributed by atoms with E-state index in [0.29, 0.717) is 39.6 Å². The molecule has 0 aliphatic carbocycles. The van der Waals surface area contributed by atoms with Gasteiger partial charge in [0.15, 0.2) is 0 Å². The molecule has 0 spiro atoms. The molecular formula is C11H20O6. The molecule has 1 N–H and O–H groups in total. The topological polar surface area (TPSA) is 74.2 Å². The van der Waals surface area contributed by atoms with Gasteiger partial charge in [-0.15, -0.1) is 0 Å². The van der Waals surface area contributed by atoms with E-state index in [1.807, 2.05) is 0 Å². The van der Waals surface area contributed by atoms with Crippen LogP contribution in [0.5, 0.6) is 0 Å². The average Bonchev–Trinajstić information content (AvgIpc) is 2.30. The van der Waals surface area contributed by atoms with Gasteiger partial charge in [0.25, 0.3) is 0 Å². The fourth-order valence-electron chi connectivity index (χ4n) is 0.892. The van der Waals surface area contributed by atoms with Crippen molar-refractivity contribution < 1.29 is 28.8 Å². The highest BCUT2D eigenvalue weighted by molar-refractivity contribution is 5.66. The summed E-state index contributed by atoms with van der Waals surface area (Å²) in [6.45, 7) is 6.42. The third kappa shape index (κ3) is 14.9. The number of rotatable bonds is 13. The molecule has 0 saturated carbocycles. The number of hydrogen-bond acceptors (Lipinski definition) is 5. The number of carboxylic acids is 1. The molecule has 0 radical (unpaired) electrons. The van der Waals surface area contributed by atoms with Crippen LogP contribution >= 0.6 is 0 Å². The lowest BCUT2D eigenvalue weighted by Crippen LogP contribution is -2.12. The van der Waals surface area contributed by atoms with Crippen LogP contribution < -0.4 is 0 Å². The SMILES string of the molecule is C=COCCOCCOCCOCCC(=O)O. The predicted octanol–water partition coefficient (Wildman–Crippen LogP) is 0.671. The molecule has 0 heterocycles. The van der Waals surface area contributed by atoms with Crippen LogP contribution in [-0.4, -0.2) is 57.3 Å². The molecule has 0 aromatic heterocycles. The normalized spacial score (nSPS) is 10.1. The molecule has 0 fully saturated rings. The highest BCUT2D eigenvalue weighted by Gasteiger charge is 1.96. The molecule has 6 nitrogen and oxygen atoms in total. The van der Waals surface area contributed by atoms with Gasteiger partial charge in [0.2, 0.25) is 0 Å². The maximum absolute atomic E-state index is 10.1. The van der Waals surface area contributed by atoms with E-state index in [9.17, 15) is 4.79 Å². The average molecular weight is 248 g/mol. The second-order valence-corrected chi connectivity index (χ2v) is 3.02. The van der Waals surface area contributed by atoms with Gasteiger partial charge in [-0.25, -0.2) is 0 Å². The maximum atomic E-state index is 10.1. The summed E-state index contributed by atoms with van der Waals surface area (Å²) in [6, 6.07) is 0. The van der Waals surface area contributed by atoms with Crippen molar-refractivity contribution in [2.24, 2.45) is 0 Å². The molecule has 0 unspecified atom stereocenters. The van der Waals surface area contributed by atoms with Crippen LogP contribution in [0.1, 0.15) is 6.42 Å². The zero-order chi connectivity index (χ0) is 12.8. The Morgan fingerprint density at radius 3 is 1.88 bits per heavy atom. The van der Waals surface area contributed by atoms with Gasteiger partial charge in [0.1, 0.15) is 6.61 Å². The van der Waals surface area contributed by atoms with Crippen molar-refractivity contribution in [2.75, 3.05) is 46.2 Å². The standard InChI is InChI=1S/C11H20O6/c1-2-14-5-6-16-9-10-17-8-7-15-4-3-11(12)13/h2H,1,3-10H2,(H,12,13). The molecule has 0 atom stereocenters. The third-order valence-electron chi connectivity index (χ3n) is 1.67. The van der Waals surface area contributed by atoms with E-state index in [4.69, 9.17) is 24.1 Å². The summed E-state index contributed by atoms with van der Waals surface area (Å²) < 4.78 is 20.2. The van der Waals surface area contributed by atoms with Crippen molar-refractivity contribution in [3.63, 3.8) is 0 Å². The molecule has 6 heteroatoms. The van der Waals surface area contributed by atoms with Crippen LogP contribution in [-0.2, 0) is 23.7 Å². The van der Waals surface area contributed by atoms with Crippen molar-refractivity contribution in [3.8, 4) is 0 Å². The number of aliphatic carboxylic acids is 1. The van der Waals surface area contributed by atoms with Crippen molar-refractivity contribution >= 4 is 5.97 Å². The summed E-state index contributed by atoms with van der Waals surface area (Å²) >= 11 is 0. The summed E-state index contributed by atoms with van der Waals surface area (Å²) in [5.74, 6) is -0.860. The van der Waals surface area contributed by atoms with E-state index in [-0.39, 0.29) is 13.0 Å². The highest BCUT2D eigenvalue weighted by atomic mass is 16.6. The Labute approximate surface area is 101 Å². The molecule has 0 aliphatic heterocycles. The van der Waals surface area contributed by atoms with Crippen LogP contribution in [0.4, 0.5) is 0 Å². The lowest BCUT2D eigenvalue weighted by atomic mass is 10.5. The highest BCUT2D eigenvalue weighted by Crippen LogP contribution is 1.85. The molecular weight excluding hydrogens is 228 g/mol. The summed E-state index contributed by atoms with van der Waals surface area (Å²) in [6.07, 6.45) is 1.39. The largest absolute Gasteiger partial charge is 0.499 e. The van der Waals surface area contributed by atoms with Crippen molar-refractivity contribution in [3.05, 3.63) is 12.8 Å². The van der Waals surface area contributed by atoms with Crippen LogP contribution in [0, 0.1) is 0 Å². The molecule has 100 valence electrons. The van der Waals surface area contributed by atoms with Crippen LogP contribution in [0.3, 0.4) is 0 Å². The third-order valence-corrected chi connectivity index (χ3v) is 1.67. The van der Waals surface area contributed by atoms with E-state index >= 15 is 0 Å². The minimum Gasteiger partial charge on any atom is -0.499 e. The monoisotopic (exact) mass is 248 g/mol. The maximum Gasteiger partial charge on any atom is 0.305 e. The zero-order valence-corrected chi connectivity index (χ0v) is 9.93. The number of carbonyl (C=O) groups is 1. The first-order chi connectivity index (χ1) is 8.27. The van der Waals surface area contributed by atoms with Gasteiger partial charge in [0, 0.05) is 0 Å². The summed E-state index contributed by atoms with van der Waals surface area (Å²) in [7, 11) is 0. The minimum atomic E-state index is -0.860. The van der Waals surface area contributed by atoms with Gasteiger partial charge in [-0.2, -0.15) is 0 Å². The summed E-state index contributed by atoms with van der Waals surface area (Å²) in [5.41, 5.74) is 0. The zero-order valence-electron chi connectivity index (χ0n) is 9.93. The Kier molecular flexibility index (Phi) is 12.1. The van der Waals surface area contributed by atoms with Crippen LogP contribution in [0.15, 0.2) is 12.8 Å². The van der Waals surface area contributed by atoms with Gasteiger partial charge >= 0.3 is 5.97 Å². The quantitative estimate of drug-likeness (QED) is 0.381. The molecule has 0 saturated heterocycles. The Hall–Kier alpha value is -1.11. The molecule has 0 rings (SSSR count). The lowest BCUT2D eigenvalue weighted by molar-refractivity contribution is -0.138. The first-order valence-electron chi connectivity index (χ1n) is 5.45. The molecule has 0 aliphatic rings. The van der Waals surface area contributed by atoms with Crippen LogP contribution in [0.2, 0.25) is 0 Å². The second-order valence-electron chi connectivity index (χ2n) is 3.02. The first kappa shape index (κ1) is 15.9. The van der Waals surface area contributed by atoms with Gasteiger partial charge in [-0.1, -0.05) is 6.58 Å². The predicted molar refractivity (Wildman–Crippen MR) is 60.9 cm³/mol. The Bertz CT molecular complexity index is 194. The van der Waals surface area contributed by atoms with E-state index < -0.39 is 5.97 Å². The Morgan fingerprint density at radius 1 is 0.941 bits per heavy atom. The van der Waals surface area contributed by atoms with E-state index in [0.717, 1.165) is 0 Å². The molecule has 0 aromatic rings. The van der Waals surface area contributed by atoms with Crippen molar-refractivity contribution in [2.45, 2.75) is 6.42 Å². The van der Waals surface area contributed by atoms with Gasteiger partial charge in [-0.05, 0) is 0 Å². The van der Waals surface area contributed by atoms with E-state index in [1.165, 1.54) is 6.26 Å².